The van der Waals surface area contributed by atoms with E-state index in [4.69, 9.17) is 15.2 Å². The van der Waals surface area contributed by atoms with Gasteiger partial charge in [-0.15, -0.1) is 0 Å². The summed E-state index contributed by atoms with van der Waals surface area (Å²) in [6, 6.07) is 3.12. The van der Waals surface area contributed by atoms with Crippen molar-refractivity contribution in [1.29, 1.82) is 0 Å². The van der Waals surface area contributed by atoms with Crippen LogP contribution in [-0.2, 0) is 4.79 Å². The van der Waals surface area contributed by atoms with Crippen molar-refractivity contribution in [3.63, 3.8) is 0 Å². The molecule has 27 heavy (non-hydrogen) atoms. The van der Waals surface area contributed by atoms with Gasteiger partial charge in [0.1, 0.15) is 6.29 Å². The number of halogens is 2. The quantitative estimate of drug-likeness (QED) is 0.718. The molecule has 6 heteroatoms. The van der Waals surface area contributed by atoms with E-state index in [1.165, 1.54) is 12.1 Å². The Morgan fingerprint density at radius 2 is 1.30 bits per heavy atom. The summed E-state index contributed by atoms with van der Waals surface area (Å²) in [5.74, 6) is -1.40. The van der Waals surface area contributed by atoms with Gasteiger partial charge in [0, 0.05) is 12.0 Å². The fourth-order valence-electron chi connectivity index (χ4n) is 4.00. The van der Waals surface area contributed by atoms with E-state index in [1.54, 1.807) is 0 Å². The van der Waals surface area contributed by atoms with Crippen molar-refractivity contribution < 1.29 is 23.0 Å². The van der Waals surface area contributed by atoms with Crippen molar-refractivity contribution in [3.8, 4) is 11.5 Å². The van der Waals surface area contributed by atoms with Crippen LogP contribution in [-0.4, -0.2) is 25.5 Å². The number of aldehydes is 1. The van der Waals surface area contributed by atoms with E-state index in [2.05, 4.69) is 0 Å². The molecule has 0 spiro atoms. The first-order chi connectivity index (χ1) is 13.1. The Bertz CT molecular complexity index is 624. The molecule has 0 aliphatic heterocycles. The van der Waals surface area contributed by atoms with Crippen LogP contribution < -0.4 is 15.2 Å². The molecule has 0 aromatic heterocycles. The first-order valence-electron chi connectivity index (χ1n) is 10.0. The summed E-state index contributed by atoms with van der Waals surface area (Å²) in [7, 11) is 0. The van der Waals surface area contributed by atoms with Gasteiger partial charge in [-0.25, -0.2) is 0 Å². The van der Waals surface area contributed by atoms with E-state index in [0.29, 0.717) is 19.1 Å². The monoisotopic (exact) mass is 381 g/mol. The lowest BCUT2D eigenvalue weighted by Crippen LogP contribution is -2.28. The van der Waals surface area contributed by atoms with Crippen LogP contribution in [0.4, 0.5) is 8.78 Å². The zero-order valence-corrected chi connectivity index (χ0v) is 15.7. The number of ether oxygens (including phenoxy) is 2. The highest BCUT2D eigenvalue weighted by Crippen LogP contribution is 2.32. The molecule has 2 aliphatic carbocycles. The maximum atomic E-state index is 14.3. The third kappa shape index (κ3) is 5.41. The molecule has 0 saturated heterocycles. The van der Waals surface area contributed by atoms with Gasteiger partial charge >= 0.3 is 0 Å². The second-order valence-electron chi connectivity index (χ2n) is 8.01. The van der Waals surface area contributed by atoms with Crippen molar-refractivity contribution >= 4 is 6.29 Å². The Morgan fingerprint density at radius 1 is 0.852 bits per heavy atom. The van der Waals surface area contributed by atoms with E-state index in [9.17, 15) is 13.6 Å². The number of carbonyl (C=O) groups is 1. The molecule has 2 fully saturated rings. The van der Waals surface area contributed by atoms with Crippen LogP contribution in [0.5, 0.6) is 11.5 Å². The molecule has 1 aromatic carbocycles. The predicted molar refractivity (Wildman–Crippen MR) is 98.8 cm³/mol. The number of nitrogens with two attached hydrogens (primary N) is 1. The highest BCUT2D eigenvalue weighted by Gasteiger charge is 2.23. The lowest BCUT2D eigenvalue weighted by Gasteiger charge is -2.26. The van der Waals surface area contributed by atoms with Crippen molar-refractivity contribution in [3.05, 3.63) is 23.8 Å². The summed E-state index contributed by atoms with van der Waals surface area (Å²) in [4.78, 5) is 10.8. The van der Waals surface area contributed by atoms with Gasteiger partial charge in [0.05, 0.1) is 13.2 Å². The number of hydrogen-bond donors (Lipinski definition) is 1. The molecular formula is C21H29F2NO3. The lowest BCUT2D eigenvalue weighted by atomic mass is 9.83. The minimum Gasteiger partial charge on any atom is -0.490 e. The molecule has 150 valence electrons. The Labute approximate surface area is 159 Å². The van der Waals surface area contributed by atoms with E-state index >= 15 is 0 Å². The fraction of sp³-hybridized carbons (Fsp3) is 0.667. The van der Waals surface area contributed by atoms with Gasteiger partial charge in [0.25, 0.3) is 0 Å². The minimum absolute atomic E-state index is 0.0683. The molecule has 0 radical (unpaired) electrons. The third-order valence-electron chi connectivity index (χ3n) is 5.94. The second kappa shape index (κ2) is 9.49. The van der Waals surface area contributed by atoms with Crippen LogP contribution in [0.25, 0.3) is 0 Å². The summed E-state index contributed by atoms with van der Waals surface area (Å²) < 4.78 is 39.6. The zero-order valence-electron chi connectivity index (χ0n) is 15.7. The molecular weight excluding hydrogens is 352 g/mol. The van der Waals surface area contributed by atoms with E-state index in [0.717, 1.165) is 57.7 Å². The Kier molecular flexibility index (Phi) is 7.05. The zero-order chi connectivity index (χ0) is 19.2. The summed E-state index contributed by atoms with van der Waals surface area (Å²) in [6.45, 7) is 0.716. The van der Waals surface area contributed by atoms with Crippen LogP contribution in [0.3, 0.4) is 0 Å². The maximum absolute atomic E-state index is 14.3. The van der Waals surface area contributed by atoms with Gasteiger partial charge in [-0.3, -0.25) is 0 Å². The third-order valence-corrected chi connectivity index (χ3v) is 5.94. The van der Waals surface area contributed by atoms with Gasteiger partial charge in [-0.05, 0) is 75.3 Å². The highest BCUT2D eigenvalue weighted by molar-refractivity contribution is 5.53. The SMILES string of the molecule is NC1CCC(COc2ccc(OCC3CCC(C=O)CC3)c(F)c2F)CC1. The highest BCUT2D eigenvalue weighted by atomic mass is 19.2. The van der Waals surface area contributed by atoms with E-state index in [1.807, 2.05) is 0 Å². The average molecular weight is 381 g/mol. The number of hydrogen-bond acceptors (Lipinski definition) is 4. The molecule has 4 nitrogen and oxygen atoms in total. The van der Waals surface area contributed by atoms with Crippen LogP contribution >= 0.6 is 0 Å². The fourth-order valence-corrected chi connectivity index (χ4v) is 4.00. The van der Waals surface area contributed by atoms with Crippen LogP contribution in [0, 0.1) is 29.4 Å². The molecule has 3 rings (SSSR count). The largest absolute Gasteiger partial charge is 0.490 e. The number of benzene rings is 1. The summed E-state index contributed by atoms with van der Waals surface area (Å²) in [5, 5.41) is 0. The van der Waals surface area contributed by atoms with Gasteiger partial charge in [0.15, 0.2) is 11.5 Å². The van der Waals surface area contributed by atoms with Crippen molar-refractivity contribution in [2.45, 2.75) is 57.4 Å². The standard InChI is InChI=1S/C21H29F2NO3/c22-20-18(26-12-15-3-1-14(11-25)2-4-15)9-10-19(21(20)23)27-13-16-5-7-17(24)8-6-16/h9-11,14-17H,1-8,12-13,24H2. The van der Waals surface area contributed by atoms with E-state index in [-0.39, 0.29) is 29.4 Å². The van der Waals surface area contributed by atoms with Crippen molar-refractivity contribution in [2.75, 3.05) is 13.2 Å². The summed E-state index contributed by atoms with van der Waals surface area (Å²) in [6.07, 6.45) is 8.25. The van der Waals surface area contributed by atoms with Crippen molar-refractivity contribution in [2.24, 2.45) is 23.5 Å². The van der Waals surface area contributed by atoms with Crippen molar-refractivity contribution in [1.82, 2.24) is 0 Å². The predicted octanol–water partition coefficient (Wildman–Crippen LogP) is 4.25. The molecule has 2 saturated carbocycles. The average Bonchev–Trinajstić information content (AvgIpc) is 2.70. The van der Waals surface area contributed by atoms with Crippen LogP contribution in [0.15, 0.2) is 12.1 Å². The first kappa shape index (κ1) is 20.1. The first-order valence-corrected chi connectivity index (χ1v) is 10.0. The van der Waals surface area contributed by atoms with E-state index < -0.39 is 11.6 Å². The Hall–Kier alpha value is -1.69. The van der Waals surface area contributed by atoms with Crippen LogP contribution in [0.1, 0.15) is 51.4 Å². The maximum Gasteiger partial charge on any atom is 0.204 e. The molecule has 0 unspecified atom stereocenters. The van der Waals surface area contributed by atoms with Gasteiger partial charge < -0.3 is 20.0 Å². The Balaban J connectivity index is 1.49. The number of rotatable bonds is 7. The van der Waals surface area contributed by atoms with Gasteiger partial charge in [0.2, 0.25) is 11.6 Å². The molecule has 2 aliphatic rings. The Morgan fingerprint density at radius 3 is 1.74 bits per heavy atom. The smallest absolute Gasteiger partial charge is 0.204 e. The summed E-state index contributed by atoms with van der Waals surface area (Å²) in [5.41, 5.74) is 5.88. The molecule has 0 bridgehead atoms. The molecule has 2 N–H and O–H groups in total. The molecule has 0 heterocycles. The lowest BCUT2D eigenvalue weighted by molar-refractivity contribution is -0.112. The molecule has 0 amide bonds. The molecule has 1 aromatic rings. The second-order valence-corrected chi connectivity index (χ2v) is 8.01. The number of carbonyl (C=O) groups excluding carboxylic acids is 1. The normalized spacial score (nSPS) is 28.6. The summed E-state index contributed by atoms with van der Waals surface area (Å²) >= 11 is 0. The van der Waals surface area contributed by atoms with Gasteiger partial charge in [-0.1, -0.05) is 0 Å². The van der Waals surface area contributed by atoms with Crippen LogP contribution in [0.2, 0.25) is 0 Å². The minimum atomic E-state index is -1.00. The topological polar surface area (TPSA) is 61.6 Å². The van der Waals surface area contributed by atoms with Gasteiger partial charge in [-0.2, -0.15) is 8.78 Å². The molecule has 0 atom stereocenters.